The van der Waals surface area contributed by atoms with Gasteiger partial charge in [-0.25, -0.2) is 17.6 Å². The van der Waals surface area contributed by atoms with E-state index in [1.54, 1.807) is 0 Å². The number of rotatable bonds is 4. The second-order valence-electron chi connectivity index (χ2n) is 3.47. The van der Waals surface area contributed by atoms with Gasteiger partial charge in [0.15, 0.2) is 23.3 Å². The molecule has 1 aromatic carbocycles. The first-order valence-electron chi connectivity index (χ1n) is 4.73. The Bertz CT molecular complexity index is 456. The molecule has 0 aliphatic carbocycles. The Morgan fingerprint density at radius 3 is 1.72 bits per heavy atom. The summed E-state index contributed by atoms with van der Waals surface area (Å²) < 4.78 is 53.8. The van der Waals surface area contributed by atoms with Gasteiger partial charge < -0.3 is 0 Å². The molecule has 8 heteroatoms. The third kappa shape index (κ3) is 3.41. The van der Waals surface area contributed by atoms with Crippen LogP contribution in [0.15, 0.2) is 6.58 Å². The summed E-state index contributed by atoms with van der Waals surface area (Å²) in [5.74, 6) is -5.95. The standard InChI is InChI=1S/C10H7Cl3F4Si/c1-2-5-7(14)9(16)6(10(17)8(5)15)3-4-18(11,12)13/h2H,1,3-4H2. The molecule has 100 valence electrons. The van der Waals surface area contributed by atoms with Crippen LogP contribution >= 0.6 is 33.2 Å². The molecular formula is C10H7Cl3F4Si. The molecular weight excluding hydrogens is 331 g/mol. The monoisotopic (exact) mass is 336 g/mol. The number of hydrogen-bond donors (Lipinski definition) is 0. The van der Waals surface area contributed by atoms with E-state index in [-0.39, 0.29) is 12.5 Å². The van der Waals surface area contributed by atoms with Crippen molar-refractivity contribution in [2.24, 2.45) is 0 Å². The van der Waals surface area contributed by atoms with Crippen molar-refractivity contribution in [2.45, 2.75) is 12.5 Å². The van der Waals surface area contributed by atoms with Crippen LogP contribution in [-0.2, 0) is 6.42 Å². The molecule has 0 fully saturated rings. The van der Waals surface area contributed by atoms with Gasteiger partial charge in [0.2, 0.25) is 0 Å². The van der Waals surface area contributed by atoms with Crippen molar-refractivity contribution in [1.82, 2.24) is 0 Å². The highest BCUT2D eigenvalue weighted by atomic mass is 35.8. The summed E-state index contributed by atoms with van der Waals surface area (Å²) in [7, 11) is 0. The van der Waals surface area contributed by atoms with Gasteiger partial charge in [0, 0.05) is 5.56 Å². The maximum Gasteiger partial charge on any atom is 0.341 e. The van der Waals surface area contributed by atoms with Crippen molar-refractivity contribution in [1.29, 1.82) is 0 Å². The van der Waals surface area contributed by atoms with Crippen molar-refractivity contribution >= 4 is 45.3 Å². The smallest absolute Gasteiger partial charge is 0.203 e. The molecule has 0 saturated carbocycles. The summed E-state index contributed by atoms with van der Waals surface area (Å²) in [5, 5.41) is 0. The molecule has 0 aliphatic heterocycles. The first kappa shape index (κ1) is 15.8. The van der Waals surface area contributed by atoms with E-state index in [9.17, 15) is 17.6 Å². The molecule has 0 atom stereocenters. The molecule has 18 heavy (non-hydrogen) atoms. The van der Waals surface area contributed by atoms with Gasteiger partial charge >= 0.3 is 6.00 Å². The predicted octanol–water partition coefficient (Wildman–Crippen LogP) is 5.08. The molecule has 0 nitrogen and oxygen atoms in total. The molecule has 0 heterocycles. The van der Waals surface area contributed by atoms with Crippen LogP contribution in [0.3, 0.4) is 0 Å². The van der Waals surface area contributed by atoms with Crippen molar-refractivity contribution in [3.05, 3.63) is 41.0 Å². The lowest BCUT2D eigenvalue weighted by Crippen LogP contribution is -2.13. The van der Waals surface area contributed by atoms with E-state index in [1.165, 1.54) is 0 Å². The molecule has 0 saturated heterocycles. The minimum atomic E-state index is -3.12. The third-order valence-corrected chi connectivity index (χ3v) is 4.77. The summed E-state index contributed by atoms with van der Waals surface area (Å²) in [6.07, 6.45) is 0.315. The Morgan fingerprint density at radius 1 is 0.944 bits per heavy atom. The number of hydrogen-bond acceptors (Lipinski definition) is 0. The Hall–Kier alpha value is -0.233. The van der Waals surface area contributed by atoms with Crippen LogP contribution in [0.4, 0.5) is 17.6 Å². The first-order valence-corrected chi connectivity index (χ1v) is 9.97. The fourth-order valence-corrected chi connectivity index (χ4v) is 2.74. The van der Waals surface area contributed by atoms with Gasteiger partial charge in [-0.15, -0.1) is 33.2 Å². The SMILES string of the molecule is C=Cc1c(F)c(F)c(CC[Si](Cl)(Cl)Cl)c(F)c1F. The van der Waals surface area contributed by atoms with Crippen molar-refractivity contribution in [3.8, 4) is 0 Å². The van der Waals surface area contributed by atoms with Gasteiger partial charge in [0.25, 0.3) is 0 Å². The van der Waals surface area contributed by atoms with Gasteiger partial charge in [-0.1, -0.05) is 12.7 Å². The predicted molar refractivity (Wildman–Crippen MR) is 68.2 cm³/mol. The Labute approximate surface area is 116 Å². The highest BCUT2D eigenvalue weighted by Crippen LogP contribution is 2.31. The maximum atomic E-state index is 13.5. The lowest BCUT2D eigenvalue weighted by molar-refractivity contribution is 0.438. The summed E-state index contributed by atoms with van der Waals surface area (Å²) in [6.45, 7) is 3.08. The van der Waals surface area contributed by atoms with Crippen LogP contribution in [0.5, 0.6) is 0 Å². The molecule has 1 aromatic rings. The van der Waals surface area contributed by atoms with E-state index in [0.717, 1.165) is 0 Å². The van der Waals surface area contributed by atoms with Crippen LogP contribution in [0.25, 0.3) is 6.08 Å². The first-order chi connectivity index (χ1) is 8.19. The highest BCUT2D eigenvalue weighted by molar-refractivity contribution is 7.64. The zero-order valence-corrected chi connectivity index (χ0v) is 12.1. The normalized spacial score (nSPS) is 11.7. The molecule has 0 radical (unpaired) electrons. The highest BCUT2D eigenvalue weighted by Gasteiger charge is 2.29. The number of halogens is 7. The van der Waals surface area contributed by atoms with E-state index in [1.807, 2.05) is 0 Å². The Balaban J connectivity index is 3.25. The lowest BCUT2D eigenvalue weighted by atomic mass is 10.1. The van der Waals surface area contributed by atoms with E-state index >= 15 is 0 Å². The van der Waals surface area contributed by atoms with Crippen LogP contribution in [0.2, 0.25) is 6.04 Å². The van der Waals surface area contributed by atoms with Gasteiger partial charge in [-0.2, -0.15) is 0 Å². The zero-order valence-electron chi connectivity index (χ0n) is 8.84. The van der Waals surface area contributed by atoms with Gasteiger partial charge in [0.1, 0.15) is 0 Å². The van der Waals surface area contributed by atoms with Gasteiger partial charge in [-0.3, -0.25) is 0 Å². The molecule has 0 unspecified atom stereocenters. The van der Waals surface area contributed by atoms with Crippen LogP contribution < -0.4 is 0 Å². The second-order valence-corrected chi connectivity index (χ2v) is 12.7. The van der Waals surface area contributed by atoms with E-state index in [2.05, 4.69) is 6.58 Å². The summed E-state index contributed by atoms with van der Waals surface area (Å²) in [5.41, 5.74) is -1.60. The molecule has 0 spiro atoms. The minimum Gasteiger partial charge on any atom is -0.203 e. The molecule has 0 bridgehead atoms. The van der Waals surface area contributed by atoms with Crippen molar-refractivity contribution in [3.63, 3.8) is 0 Å². The molecule has 0 aliphatic rings. The summed E-state index contributed by atoms with van der Waals surface area (Å²) in [6, 6.07) is -3.27. The van der Waals surface area contributed by atoms with E-state index < -0.39 is 40.4 Å². The Kier molecular flexibility index (Phi) is 5.11. The van der Waals surface area contributed by atoms with Crippen LogP contribution in [0.1, 0.15) is 11.1 Å². The topological polar surface area (TPSA) is 0 Å². The zero-order chi connectivity index (χ0) is 14.1. The molecule has 0 aromatic heterocycles. The van der Waals surface area contributed by atoms with Gasteiger partial charge in [0.05, 0.1) is 5.56 Å². The Morgan fingerprint density at radius 2 is 1.39 bits per heavy atom. The van der Waals surface area contributed by atoms with Crippen molar-refractivity contribution < 1.29 is 17.6 Å². The van der Waals surface area contributed by atoms with E-state index in [0.29, 0.717) is 6.08 Å². The third-order valence-electron chi connectivity index (χ3n) is 2.25. The molecule has 0 N–H and O–H groups in total. The number of benzene rings is 1. The van der Waals surface area contributed by atoms with Crippen LogP contribution in [-0.4, -0.2) is 6.00 Å². The quantitative estimate of drug-likeness (QED) is 0.311. The molecule has 0 amide bonds. The van der Waals surface area contributed by atoms with E-state index in [4.69, 9.17) is 33.2 Å². The summed E-state index contributed by atoms with van der Waals surface area (Å²) in [4.78, 5) is 0. The molecule has 1 rings (SSSR count). The van der Waals surface area contributed by atoms with Gasteiger partial charge in [-0.05, 0) is 12.5 Å². The largest absolute Gasteiger partial charge is 0.341 e. The lowest BCUT2D eigenvalue weighted by Gasteiger charge is -2.11. The summed E-state index contributed by atoms with van der Waals surface area (Å²) >= 11 is 16.6. The second kappa shape index (κ2) is 5.82. The van der Waals surface area contributed by atoms with Crippen LogP contribution in [0, 0.1) is 23.3 Å². The van der Waals surface area contributed by atoms with Crippen molar-refractivity contribution in [2.75, 3.05) is 0 Å². The maximum absolute atomic E-state index is 13.5. The average molecular weight is 338 g/mol. The average Bonchev–Trinajstić information content (AvgIpc) is 2.26. The minimum absolute atomic E-state index is 0.141. The fourth-order valence-electron chi connectivity index (χ4n) is 1.36. The fraction of sp³-hybridized carbons (Fsp3) is 0.200.